The molecule has 0 amide bonds. The molecule has 0 aliphatic rings. The SMILES string of the molecule is COC(=O)Cc1nc(Br)c(C(F)F)cc1O. The van der Waals surface area contributed by atoms with Gasteiger partial charge in [-0.1, -0.05) is 0 Å². The number of methoxy groups -OCH3 is 1. The number of aromatic nitrogens is 1. The zero-order valence-electron chi connectivity index (χ0n) is 8.21. The average Bonchev–Trinajstić information content (AvgIpc) is 2.22. The third-order valence-electron chi connectivity index (χ3n) is 1.83. The number of pyridine rings is 1. The Kier molecular flexibility index (Phi) is 4.17. The largest absolute Gasteiger partial charge is 0.506 e. The van der Waals surface area contributed by atoms with Gasteiger partial charge in [0, 0.05) is 0 Å². The Bertz CT molecular complexity index is 412. The zero-order chi connectivity index (χ0) is 12.3. The molecule has 16 heavy (non-hydrogen) atoms. The summed E-state index contributed by atoms with van der Waals surface area (Å²) in [7, 11) is 1.18. The molecule has 0 radical (unpaired) electrons. The first-order chi connectivity index (χ1) is 7.45. The van der Waals surface area contributed by atoms with Gasteiger partial charge < -0.3 is 9.84 Å². The van der Waals surface area contributed by atoms with E-state index in [4.69, 9.17) is 0 Å². The lowest BCUT2D eigenvalue weighted by molar-refractivity contribution is -0.139. The number of hydrogen-bond acceptors (Lipinski definition) is 4. The van der Waals surface area contributed by atoms with Crippen LogP contribution in [0.5, 0.6) is 5.75 Å². The van der Waals surface area contributed by atoms with Crippen molar-refractivity contribution in [3.8, 4) is 5.75 Å². The van der Waals surface area contributed by atoms with E-state index < -0.39 is 23.7 Å². The number of nitrogens with zero attached hydrogens (tertiary/aromatic N) is 1. The van der Waals surface area contributed by atoms with Crippen molar-refractivity contribution in [3.63, 3.8) is 0 Å². The summed E-state index contributed by atoms with van der Waals surface area (Å²) < 4.78 is 29.1. The highest BCUT2D eigenvalue weighted by molar-refractivity contribution is 9.10. The van der Waals surface area contributed by atoms with Gasteiger partial charge in [-0.3, -0.25) is 4.79 Å². The van der Waals surface area contributed by atoms with Gasteiger partial charge in [0.2, 0.25) is 0 Å². The van der Waals surface area contributed by atoms with Gasteiger partial charge in [-0.2, -0.15) is 0 Å². The van der Waals surface area contributed by atoms with Gasteiger partial charge in [0.25, 0.3) is 6.43 Å². The van der Waals surface area contributed by atoms with Crippen LogP contribution in [-0.4, -0.2) is 23.2 Å². The summed E-state index contributed by atoms with van der Waals surface area (Å²) in [6.45, 7) is 0. The molecular formula is C9H8BrF2NO3. The van der Waals surface area contributed by atoms with Crippen molar-refractivity contribution in [2.24, 2.45) is 0 Å². The minimum absolute atomic E-state index is 0.0110. The number of halogens is 3. The normalized spacial score (nSPS) is 10.6. The van der Waals surface area contributed by atoms with E-state index in [2.05, 4.69) is 25.7 Å². The summed E-state index contributed by atoms with van der Waals surface area (Å²) in [6, 6.07) is 0.875. The van der Waals surface area contributed by atoms with E-state index in [1.165, 1.54) is 7.11 Å². The highest BCUT2D eigenvalue weighted by atomic mass is 79.9. The maximum atomic E-state index is 12.4. The fourth-order valence-electron chi connectivity index (χ4n) is 1.02. The van der Waals surface area contributed by atoms with E-state index in [1.54, 1.807) is 0 Å². The van der Waals surface area contributed by atoms with Gasteiger partial charge >= 0.3 is 5.97 Å². The first kappa shape index (κ1) is 12.8. The number of ether oxygens (including phenoxy) is 1. The van der Waals surface area contributed by atoms with Crippen LogP contribution in [0.15, 0.2) is 10.7 Å². The molecule has 0 aliphatic carbocycles. The van der Waals surface area contributed by atoms with Crippen LogP contribution in [0.1, 0.15) is 17.7 Å². The minimum atomic E-state index is -2.75. The van der Waals surface area contributed by atoms with Gasteiger partial charge in [0.05, 0.1) is 24.8 Å². The van der Waals surface area contributed by atoms with E-state index in [0.29, 0.717) is 0 Å². The third-order valence-corrected chi connectivity index (χ3v) is 2.47. The predicted molar refractivity (Wildman–Crippen MR) is 54.3 cm³/mol. The molecule has 1 rings (SSSR count). The second-order valence-corrected chi connectivity index (χ2v) is 3.64. The van der Waals surface area contributed by atoms with Crippen LogP contribution in [0.4, 0.5) is 8.78 Å². The summed E-state index contributed by atoms with van der Waals surface area (Å²) in [4.78, 5) is 14.6. The second-order valence-electron chi connectivity index (χ2n) is 2.89. The molecule has 1 aromatic heterocycles. The van der Waals surface area contributed by atoms with Crippen molar-refractivity contribution >= 4 is 21.9 Å². The average molecular weight is 296 g/mol. The van der Waals surface area contributed by atoms with Crippen LogP contribution in [0.3, 0.4) is 0 Å². The Balaban J connectivity index is 3.05. The number of aromatic hydroxyl groups is 1. The lowest BCUT2D eigenvalue weighted by atomic mass is 10.2. The Hall–Kier alpha value is -1.24. The second kappa shape index (κ2) is 5.20. The highest BCUT2D eigenvalue weighted by Gasteiger charge is 2.18. The highest BCUT2D eigenvalue weighted by Crippen LogP contribution is 2.30. The molecule has 0 bridgehead atoms. The van der Waals surface area contributed by atoms with Crippen LogP contribution in [-0.2, 0) is 16.0 Å². The summed E-state index contributed by atoms with van der Waals surface area (Å²) >= 11 is 2.84. The first-order valence-electron chi connectivity index (χ1n) is 4.19. The van der Waals surface area contributed by atoms with Crippen LogP contribution in [0, 0.1) is 0 Å². The van der Waals surface area contributed by atoms with Gasteiger partial charge in [-0.05, 0) is 22.0 Å². The van der Waals surface area contributed by atoms with Crippen molar-refractivity contribution in [2.45, 2.75) is 12.8 Å². The zero-order valence-corrected chi connectivity index (χ0v) is 9.79. The van der Waals surface area contributed by atoms with Crippen molar-refractivity contribution < 1.29 is 23.4 Å². The number of alkyl halides is 2. The van der Waals surface area contributed by atoms with E-state index >= 15 is 0 Å². The Morgan fingerprint density at radius 3 is 2.81 bits per heavy atom. The third kappa shape index (κ3) is 2.88. The number of hydrogen-bond donors (Lipinski definition) is 1. The van der Waals surface area contributed by atoms with Gasteiger partial charge in [0.1, 0.15) is 10.4 Å². The van der Waals surface area contributed by atoms with Crippen molar-refractivity contribution in [3.05, 3.63) is 21.9 Å². The van der Waals surface area contributed by atoms with Crippen molar-refractivity contribution in [1.82, 2.24) is 4.98 Å². The standard InChI is InChI=1S/C9H8BrF2NO3/c1-16-7(15)3-5-6(14)2-4(9(11)12)8(10)13-5/h2,9,14H,3H2,1H3. The van der Waals surface area contributed by atoms with Crippen molar-refractivity contribution in [2.75, 3.05) is 7.11 Å². The van der Waals surface area contributed by atoms with E-state index in [9.17, 15) is 18.7 Å². The molecule has 0 unspecified atom stereocenters. The smallest absolute Gasteiger partial charge is 0.311 e. The van der Waals surface area contributed by atoms with Crippen LogP contribution in [0.25, 0.3) is 0 Å². The van der Waals surface area contributed by atoms with Crippen LogP contribution in [0.2, 0.25) is 0 Å². The lowest BCUT2D eigenvalue weighted by Gasteiger charge is -2.07. The van der Waals surface area contributed by atoms with Gasteiger partial charge in [0.15, 0.2) is 0 Å². The molecule has 0 saturated carbocycles. The molecule has 1 N–H and O–H groups in total. The van der Waals surface area contributed by atoms with E-state index in [-0.39, 0.29) is 16.7 Å². The number of esters is 1. The fraction of sp³-hybridized carbons (Fsp3) is 0.333. The maximum Gasteiger partial charge on any atom is 0.311 e. The van der Waals surface area contributed by atoms with Crippen molar-refractivity contribution in [1.29, 1.82) is 0 Å². The Morgan fingerprint density at radius 2 is 2.31 bits per heavy atom. The molecule has 0 spiro atoms. The summed E-state index contributed by atoms with van der Waals surface area (Å²) in [5.41, 5.74) is -0.436. The van der Waals surface area contributed by atoms with Crippen LogP contribution < -0.4 is 0 Å². The molecule has 0 aliphatic heterocycles. The Labute approximate surface area is 98.4 Å². The van der Waals surface area contributed by atoms with E-state index in [0.717, 1.165) is 6.07 Å². The number of carbonyl (C=O) groups excluding carboxylic acids is 1. The molecule has 1 heterocycles. The van der Waals surface area contributed by atoms with Gasteiger partial charge in [-0.25, -0.2) is 13.8 Å². The summed E-state index contributed by atoms with van der Waals surface area (Å²) in [5.74, 6) is -1.07. The Morgan fingerprint density at radius 1 is 1.69 bits per heavy atom. The predicted octanol–water partition coefficient (Wildman–Crippen LogP) is 2.20. The van der Waals surface area contributed by atoms with Gasteiger partial charge in [-0.15, -0.1) is 0 Å². The monoisotopic (exact) mass is 295 g/mol. The molecule has 0 saturated heterocycles. The number of rotatable bonds is 3. The van der Waals surface area contributed by atoms with E-state index in [1.807, 2.05) is 0 Å². The molecule has 4 nitrogen and oxygen atoms in total. The topological polar surface area (TPSA) is 59.4 Å². The lowest BCUT2D eigenvalue weighted by Crippen LogP contribution is -2.07. The summed E-state index contributed by atoms with van der Waals surface area (Å²) in [5, 5.41) is 9.38. The minimum Gasteiger partial charge on any atom is -0.506 e. The molecule has 1 aromatic rings. The maximum absolute atomic E-state index is 12.4. The molecule has 0 fully saturated rings. The molecule has 88 valence electrons. The fourth-order valence-corrected chi connectivity index (χ4v) is 1.52. The summed E-state index contributed by atoms with van der Waals surface area (Å²) in [6.07, 6.45) is -3.02. The molecule has 0 atom stereocenters. The molecule has 7 heteroatoms. The molecule has 0 aromatic carbocycles. The quantitative estimate of drug-likeness (QED) is 0.686. The van der Waals surface area contributed by atoms with Crippen LogP contribution >= 0.6 is 15.9 Å². The first-order valence-corrected chi connectivity index (χ1v) is 4.98. The number of carbonyl (C=O) groups is 1. The molecular weight excluding hydrogens is 288 g/mol.